The molecule has 0 aliphatic carbocycles. The summed E-state index contributed by atoms with van der Waals surface area (Å²) in [5, 5.41) is 22.9. The number of carboxylic acid groups (broad SMARTS) is 1. The molecule has 0 heterocycles. The van der Waals surface area contributed by atoms with Crippen LogP contribution in [0.3, 0.4) is 0 Å². The van der Waals surface area contributed by atoms with Gasteiger partial charge in [0.1, 0.15) is 0 Å². The summed E-state index contributed by atoms with van der Waals surface area (Å²) >= 11 is 0. The van der Waals surface area contributed by atoms with E-state index in [9.17, 15) is 15.0 Å². The number of rotatable bonds is 9. The maximum Gasteiger partial charge on any atom is 0.335 e. The van der Waals surface area contributed by atoms with Crippen molar-refractivity contribution in [1.82, 2.24) is 5.32 Å². The highest BCUT2D eigenvalue weighted by atomic mass is 16.4. The van der Waals surface area contributed by atoms with Gasteiger partial charge >= 0.3 is 5.97 Å². The largest absolute Gasteiger partial charge is 0.478 e. The smallest absolute Gasteiger partial charge is 0.335 e. The molecule has 0 fully saturated rings. The maximum atomic E-state index is 11.4. The van der Waals surface area contributed by atoms with Crippen molar-refractivity contribution in [3.8, 4) is 11.1 Å². The summed E-state index contributed by atoms with van der Waals surface area (Å²) in [6, 6.07) is 23.6. The molecular weight excluding hydrogens is 374 g/mol. The zero-order valence-electron chi connectivity index (χ0n) is 17.5. The van der Waals surface area contributed by atoms with E-state index in [-0.39, 0.29) is 5.92 Å². The Kier molecular flexibility index (Phi) is 7.39. The number of nitrogens with one attached hydrogen (secondary N) is 1. The van der Waals surface area contributed by atoms with Gasteiger partial charge in [0.25, 0.3) is 0 Å². The van der Waals surface area contributed by atoms with Crippen molar-refractivity contribution in [2.45, 2.75) is 32.3 Å². The Labute approximate surface area is 178 Å². The van der Waals surface area contributed by atoms with Gasteiger partial charge in [-0.3, -0.25) is 0 Å². The SMILES string of the molecule is CC(C)c1cc(-c2ccc(CCNC[C@H](O)c3ccccc3)cc2)ccc1C(=O)O. The number of hydrogen-bond acceptors (Lipinski definition) is 3. The van der Waals surface area contributed by atoms with Crippen molar-refractivity contribution in [3.05, 3.63) is 95.1 Å². The topological polar surface area (TPSA) is 69.6 Å². The first-order valence-electron chi connectivity index (χ1n) is 10.4. The lowest BCUT2D eigenvalue weighted by atomic mass is 9.92. The van der Waals surface area contributed by atoms with Crippen molar-refractivity contribution in [2.24, 2.45) is 0 Å². The third-order valence-electron chi connectivity index (χ3n) is 5.30. The summed E-state index contributed by atoms with van der Waals surface area (Å²) in [5.41, 5.74) is 5.46. The van der Waals surface area contributed by atoms with E-state index in [4.69, 9.17) is 0 Å². The van der Waals surface area contributed by atoms with E-state index in [1.807, 2.05) is 56.3 Å². The predicted molar refractivity (Wildman–Crippen MR) is 121 cm³/mol. The van der Waals surface area contributed by atoms with Crippen LogP contribution in [0.25, 0.3) is 11.1 Å². The number of benzene rings is 3. The minimum absolute atomic E-state index is 0.146. The average molecular weight is 404 g/mol. The first-order chi connectivity index (χ1) is 14.5. The zero-order chi connectivity index (χ0) is 21.5. The molecule has 0 spiro atoms. The fraction of sp³-hybridized carbons (Fsp3) is 0.269. The van der Waals surface area contributed by atoms with Gasteiger partial charge in [-0.1, -0.05) is 80.6 Å². The van der Waals surface area contributed by atoms with Crippen LogP contribution < -0.4 is 5.32 Å². The van der Waals surface area contributed by atoms with E-state index in [1.54, 1.807) is 6.07 Å². The molecule has 3 rings (SSSR count). The number of carbonyl (C=O) groups is 1. The molecule has 0 amide bonds. The van der Waals surface area contributed by atoms with Crippen LogP contribution in [0, 0.1) is 0 Å². The average Bonchev–Trinajstić information content (AvgIpc) is 2.77. The number of aliphatic hydroxyl groups excluding tert-OH is 1. The molecule has 0 saturated carbocycles. The highest BCUT2D eigenvalue weighted by Gasteiger charge is 2.14. The fourth-order valence-corrected chi connectivity index (χ4v) is 3.54. The van der Waals surface area contributed by atoms with E-state index in [1.165, 1.54) is 5.56 Å². The van der Waals surface area contributed by atoms with E-state index in [0.29, 0.717) is 12.1 Å². The Morgan fingerprint density at radius 3 is 2.23 bits per heavy atom. The quantitative estimate of drug-likeness (QED) is 0.438. The number of carboxylic acids is 1. The fourth-order valence-electron chi connectivity index (χ4n) is 3.54. The molecule has 0 aliphatic heterocycles. The molecule has 0 aliphatic rings. The molecule has 0 saturated heterocycles. The molecule has 3 aromatic carbocycles. The Balaban J connectivity index is 1.57. The van der Waals surface area contributed by atoms with Crippen LogP contribution >= 0.6 is 0 Å². The molecule has 156 valence electrons. The van der Waals surface area contributed by atoms with Gasteiger partial charge < -0.3 is 15.5 Å². The summed E-state index contributed by atoms with van der Waals surface area (Å²) in [5.74, 6) is -0.738. The van der Waals surface area contributed by atoms with Crippen LogP contribution in [0.2, 0.25) is 0 Å². The molecule has 0 aromatic heterocycles. The Morgan fingerprint density at radius 2 is 1.60 bits per heavy atom. The summed E-state index contributed by atoms with van der Waals surface area (Å²) in [7, 11) is 0. The monoisotopic (exact) mass is 403 g/mol. The van der Waals surface area contributed by atoms with Gasteiger partial charge in [-0.15, -0.1) is 0 Å². The van der Waals surface area contributed by atoms with Crippen LogP contribution in [0.15, 0.2) is 72.8 Å². The number of hydrogen-bond donors (Lipinski definition) is 3. The van der Waals surface area contributed by atoms with Gasteiger partial charge in [0.2, 0.25) is 0 Å². The van der Waals surface area contributed by atoms with Crippen molar-refractivity contribution in [2.75, 3.05) is 13.1 Å². The van der Waals surface area contributed by atoms with Crippen molar-refractivity contribution < 1.29 is 15.0 Å². The molecule has 0 radical (unpaired) electrons. The maximum absolute atomic E-state index is 11.4. The highest BCUT2D eigenvalue weighted by molar-refractivity contribution is 5.90. The Bertz CT molecular complexity index is 965. The van der Waals surface area contributed by atoms with Gasteiger partial charge in [0, 0.05) is 6.54 Å². The molecule has 3 N–H and O–H groups in total. The minimum atomic E-state index is -0.884. The standard InChI is InChI=1S/C26H29NO3/c1-18(2)24-16-22(12-13-23(24)26(29)30)20-10-8-19(9-11-20)14-15-27-17-25(28)21-6-4-3-5-7-21/h3-13,16,18,25,27-28H,14-15,17H2,1-2H3,(H,29,30)/t25-/m0/s1. The number of aromatic carboxylic acids is 1. The second-order valence-electron chi connectivity index (χ2n) is 7.84. The van der Waals surface area contributed by atoms with E-state index >= 15 is 0 Å². The van der Waals surface area contributed by atoms with Crippen LogP contribution in [0.1, 0.15) is 52.9 Å². The van der Waals surface area contributed by atoms with Gasteiger partial charge in [-0.25, -0.2) is 4.79 Å². The van der Waals surface area contributed by atoms with E-state index < -0.39 is 12.1 Å². The van der Waals surface area contributed by atoms with E-state index in [2.05, 4.69) is 29.6 Å². The van der Waals surface area contributed by atoms with Crippen LogP contribution in [-0.4, -0.2) is 29.3 Å². The van der Waals surface area contributed by atoms with Gasteiger partial charge in [-0.2, -0.15) is 0 Å². The highest BCUT2D eigenvalue weighted by Crippen LogP contribution is 2.27. The predicted octanol–water partition coefficient (Wildman–Crippen LogP) is 5.04. The summed E-state index contributed by atoms with van der Waals surface area (Å²) in [6.07, 6.45) is 0.370. The van der Waals surface area contributed by atoms with Crippen LogP contribution in [0.5, 0.6) is 0 Å². The van der Waals surface area contributed by atoms with E-state index in [0.717, 1.165) is 35.2 Å². The van der Waals surface area contributed by atoms with Gasteiger partial charge in [0.05, 0.1) is 11.7 Å². The molecule has 4 nitrogen and oxygen atoms in total. The van der Waals surface area contributed by atoms with Crippen molar-refractivity contribution in [3.63, 3.8) is 0 Å². The van der Waals surface area contributed by atoms with Crippen LogP contribution in [0.4, 0.5) is 0 Å². The molecular formula is C26H29NO3. The third-order valence-corrected chi connectivity index (χ3v) is 5.30. The van der Waals surface area contributed by atoms with Gasteiger partial charge in [0.15, 0.2) is 0 Å². The Hall–Kier alpha value is -2.95. The molecule has 1 atom stereocenters. The molecule has 3 aromatic rings. The summed E-state index contributed by atoms with van der Waals surface area (Å²) in [4.78, 5) is 11.4. The minimum Gasteiger partial charge on any atom is -0.478 e. The second kappa shape index (κ2) is 10.2. The normalized spacial score (nSPS) is 12.1. The first kappa shape index (κ1) is 21.8. The summed E-state index contributed by atoms with van der Waals surface area (Å²) < 4.78 is 0. The first-order valence-corrected chi connectivity index (χ1v) is 10.4. The number of aliphatic hydroxyl groups is 1. The summed E-state index contributed by atoms with van der Waals surface area (Å²) in [6.45, 7) is 5.33. The molecule has 0 bridgehead atoms. The van der Waals surface area contributed by atoms with Gasteiger partial charge in [-0.05, 0) is 52.8 Å². The molecule has 0 unspecified atom stereocenters. The zero-order valence-corrected chi connectivity index (χ0v) is 17.5. The molecule has 30 heavy (non-hydrogen) atoms. The second-order valence-corrected chi connectivity index (χ2v) is 7.84. The Morgan fingerprint density at radius 1 is 0.933 bits per heavy atom. The lowest BCUT2D eigenvalue weighted by Crippen LogP contribution is -2.23. The lowest BCUT2D eigenvalue weighted by molar-refractivity contribution is 0.0695. The third kappa shape index (κ3) is 5.56. The molecule has 4 heteroatoms. The van der Waals surface area contributed by atoms with Crippen molar-refractivity contribution >= 4 is 5.97 Å². The van der Waals surface area contributed by atoms with Crippen LogP contribution in [-0.2, 0) is 6.42 Å². The van der Waals surface area contributed by atoms with Crippen molar-refractivity contribution in [1.29, 1.82) is 0 Å². The lowest BCUT2D eigenvalue weighted by Gasteiger charge is -2.13.